The number of amides is 1. The summed E-state index contributed by atoms with van der Waals surface area (Å²) >= 11 is 5.01. The zero-order valence-electron chi connectivity index (χ0n) is 11.9. The lowest BCUT2D eigenvalue weighted by molar-refractivity contribution is 0.0786. The molecule has 6 heteroatoms. The van der Waals surface area contributed by atoms with Crippen molar-refractivity contribution in [2.24, 2.45) is 0 Å². The number of nitrogens with zero attached hydrogens (tertiary/aromatic N) is 1. The van der Waals surface area contributed by atoms with Gasteiger partial charge in [0.2, 0.25) is 0 Å². The van der Waals surface area contributed by atoms with Crippen molar-refractivity contribution < 1.29 is 9.18 Å². The molecule has 0 bridgehead atoms. The highest BCUT2D eigenvalue weighted by Gasteiger charge is 2.17. The van der Waals surface area contributed by atoms with E-state index in [2.05, 4.69) is 9.97 Å². The molecular formula is C16H14FN3OS. The number of carbonyl (C=O) groups excluding carboxylic acids is 1. The van der Waals surface area contributed by atoms with Gasteiger partial charge in [-0.2, -0.15) is 0 Å². The van der Waals surface area contributed by atoms with Crippen LogP contribution in [0, 0.1) is 10.6 Å². The van der Waals surface area contributed by atoms with Gasteiger partial charge in [0.05, 0.1) is 16.6 Å². The lowest BCUT2D eigenvalue weighted by Gasteiger charge is -2.17. The molecule has 0 aliphatic heterocycles. The second-order valence-electron chi connectivity index (χ2n) is 5.10. The maximum absolute atomic E-state index is 13.7. The Kier molecular flexibility index (Phi) is 3.77. The van der Waals surface area contributed by atoms with E-state index in [0.717, 1.165) is 5.56 Å². The minimum atomic E-state index is -0.478. The van der Waals surface area contributed by atoms with Crippen LogP contribution in [0.2, 0.25) is 0 Å². The number of carbonyl (C=O) groups is 1. The highest BCUT2D eigenvalue weighted by Crippen LogP contribution is 2.20. The maximum Gasteiger partial charge on any atom is 0.256 e. The monoisotopic (exact) mass is 315 g/mol. The van der Waals surface area contributed by atoms with E-state index in [-0.39, 0.29) is 11.5 Å². The lowest BCUT2D eigenvalue weighted by atomic mass is 10.1. The van der Waals surface area contributed by atoms with Gasteiger partial charge in [0, 0.05) is 13.6 Å². The van der Waals surface area contributed by atoms with E-state index in [1.54, 1.807) is 11.9 Å². The van der Waals surface area contributed by atoms with Gasteiger partial charge in [-0.25, -0.2) is 4.39 Å². The van der Waals surface area contributed by atoms with Gasteiger partial charge in [-0.1, -0.05) is 30.3 Å². The molecular weight excluding hydrogens is 301 g/mol. The van der Waals surface area contributed by atoms with E-state index in [1.807, 2.05) is 30.3 Å². The molecule has 1 aromatic heterocycles. The molecule has 0 spiro atoms. The normalized spacial score (nSPS) is 10.8. The maximum atomic E-state index is 13.7. The number of aromatic amines is 2. The average molecular weight is 315 g/mol. The van der Waals surface area contributed by atoms with E-state index in [0.29, 0.717) is 22.3 Å². The number of halogens is 1. The Bertz CT molecular complexity index is 885. The lowest BCUT2D eigenvalue weighted by Crippen LogP contribution is -2.26. The zero-order chi connectivity index (χ0) is 15.7. The quantitative estimate of drug-likeness (QED) is 0.725. The third kappa shape index (κ3) is 2.78. The van der Waals surface area contributed by atoms with Crippen molar-refractivity contribution >= 4 is 29.2 Å². The summed E-state index contributed by atoms with van der Waals surface area (Å²) in [4.78, 5) is 19.9. The number of rotatable bonds is 3. The van der Waals surface area contributed by atoms with Gasteiger partial charge >= 0.3 is 0 Å². The Labute approximate surface area is 131 Å². The van der Waals surface area contributed by atoms with Gasteiger partial charge in [-0.05, 0) is 29.9 Å². The van der Waals surface area contributed by atoms with Crippen LogP contribution in [0.5, 0.6) is 0 Å². The molecule has 3 aromatic rings. The fraction of sp³-hybridized carbons (Fsp3) is 0.125. The molecule has 1 heterocycles. The molecule has 0 aliphatic rings. The van der Waals surface area contributed by atoms with Crippen molar-refractivity contribution in [1.29, 1.82) is 0 Å². The average Bonchev–Trinajstić information content (AvgIpc) is 2.86. The van der Waals surface area contributed by atoms with Gasteiger partial charge in [0.1, 0.15) is 5.82 Å². The Morgan fingerprint density at radius 2 is 1.95 bits per heavy atom. The van der Waals surface area contributed by atoms with Crippen LogP contribution in [0.15, 0.2) is 42.5 Å². The molecule has 0 saturated carbocycles. The summed E-state index contributed by atoms with van der Waals surface area (Å²) in [5.74, 6) is -0.743. The van der Waals surface area contributed by atoms with Crippen molar-refractivity contribution in [1.82, 2.24) is 14.9 Å². The largest absolute Gasteiger partial charge is 0.337 e. The van der Waals surface area contributed by atoms with E-state index in [1.165, 1.54) is 12.1 Å². The predicted molar refractivity (Wildman–Crippen MR) is 85.7 cm³/mol. The topological polar surface area (TPSA) is 51.9 Å². The summed E-state index contributed by atoms with van der Waals surface area (Å²) < 4.78 is 14.1. The molecule has 112 valence electrons. The summed E-state index contributed by atoms with van der Waals surface area (Å²) in [7, 11) is 1.69. The summed E-state index contributed by atoms with van der Waals surface area (Å²) in [5, 5.41) is 0. The number of hydrogen-bond acceptors (Lipinski definition) is 2. The van der Waals surface area contributed by atoms with Crippen molar-refractivity contribution in [2.75, 3.05) is 7.05 Å². The first-order valence-electron chi connectivity index (χ1n) is 6.75. The molecule has 3 rings (SSSR count). The number of imidazole rings is 1. The Balaban J connectivity index is 1.96. The molecule has 0 atom stereocenters. The van der Waals surface area contributed by atoms with Gasteiger partial charge in [-0.3, -0.25) is 4.79 Å². The Morgan fingerprint density at radius 1 is 1.23 bits per heavy atom. The number of hydrogen-bond donors (Lipinski definition) is 2. The molecule has 4 nitrogen and oxygen atoms in total. The van der Waals surface area contributed by atoms with Crippen LogP contribution in [0.3, 0.4) is 0 Å². The molecule has 1 amide bonds. The van der Waals surface area contributed by atoms with Gasteiger partial charge < -0.3 is 14.9 Å². The first-order chi connectivity index (χ1) is 10.5. The number of aromatic nitrogens is 2. The fourth-order valence-corrected chi connectivity index (χ4v) is 2.62. The Morgan fingerprint density at radius 3 is 2.68 bits per heavy atom. The first-order valence-corrected chi connectivity index (χ1v) is 7.16. The molecule has 0 radical (unpaired) electrons. The molecule has 22 heavy (non-hydrogen) atoms. The second-order valence-corrected chi connectivity index (χ2v) is 5.51. The van der Waals surface area contributed by atoms with Crippen molar-refractivity contribution in [3.63, 3.8) is 0 Å². The number of H-pyrrole nitrogens is 2. The van der Waals surface area contributed by atoms with Crippen LogP contribution < -0.4 is 0 Å². The molecule has 2 N–H and O–H groups in total. The summed E-state index contributed by atoms with van der Waals surface area (Å²) in [6, 6.07) is 12.2. The summed E-state index contributed by atoms with van der Waals surface area (Å²) in [6.07, 6.45) is 0. The van der Waals surface area contributed by atoms with E-state index in [9.17, 15) is 9.18 Å². The van der Waals surface area contributed by atoms with Crippen molar-refractivity contribution in [3.05, 3.63) is 64.2 Å². The molecule has 0 unspecified atom stereocenters. The Hall–Kier alpha value is -2.47. The number of benzene rings is 2. The smallest absolute Gasteiger partial charge is 0.256 e. The van der Waals surface area contributed by atoms with E-state index >= 15 is 0 Å². The van der Waals surface area contributed by atoms with Crippen LogP contribution in [0.1, 0.15) is 15.9 Å². The van der Waals surface area contributed by atoms with Gasteiger partial charge in [-0.15, -0.1) is 0 Å². The number of fused-ring (bicyclic) bond motifs is 1. The van der Waals surface area contributed by atoms with Gasteiger partial charge in [0.15, 0.2) is 4.77 Å². The predicted octanol–water partition coefficient (Wildman–Crippen LogP) is 3.64. The molecule has 0 saturated heterocycles. The van der Waals surface area contributed by atoms with Crippen molar-refractivity contribution in [2.45, 2.75) is 6.54 Å². The first kappa shape index (κ1) is 14.5. The standard InChI is InChI=1S/C16H14FN3OS/c1-20(9-10-5-3-2-4-6-10)15(21)12-7-11(17)8-13-14(12)19-16(22)18-13/h2-8H,9H2,1H3,(H2,18,19,22). The second kappa shape index (κ2) is 5.73. The minimum absolute atomic E-state index is 0.265. The fourth-order valence-electron chi connectivity index (χ4n) is 2.41. The minimum Gasteiger partial charge on any atom is -0.337 e. The highest BCUT2D eigenvalue weighted by atomic mass is 32.1. The van der Waals surface area contributed by atoms with Gasteiger partial charge in [0.25, 0.3) is 5.91 Å². The third-order valence-corrected chi connectivity index (χ3v) is 3.63. The molecule has 0 aliphatic carbocycles. The zero-order valence-corrected chi connectivity index (χ0v) is 12.7. The van der Waals surface area contributed by atoms with E-state index in [4.69, 9.17) is 12.2 Å². The number of nitrogens with one attached hydrogen (secondary N) is 2. The van der Waals surface area contributed by atoms with Crippen LogP contribution in [0.4, 0.5) is 4.39 Å². The summed E-state index contributed by atoms with van der Waals surface area (Å²) in [5.41, 5.74) is 2.28. The molecule has 2 aromatic carbocycles. The summed E-state index contributed by atoms with van der Waals surface area (Å²) in [6.45, 7) is 0.447. The molecule has 0 fully saturated rings. The highest BCUT2D eigenvalue weighted by molar-refractivity contribution is 7.71. The van der Waals surface area contributed by atoms with Crippen LogP contribution >= 0.6 is 12.2 Å². The van der Waals surface area contributed by atoms with Crippen LogP contribution in [-0.2, 0) is 6.54 Å². The van der Waals surface area contributed by atoms with E-state index < -0.39 is 5.82 Å². The third-order valence-electron chi connectivity index (χ3n) is 3.43. The van der Waals surface area contributed by atoms with Crippen molar-refractivity contribution in [3.8, 4) is 0 Å². The van der Waals surface area contributed by atoms with Crippen LogP contribution in [-0.4, -0.2) is 27.8 Å². The SMILES string of the molecule is CN(Cc1ccccc1)C(=O)c1cc(F)cc2[nH]c(=S)[nH]c12. The van der Waals surface area contributed by atoms with Crippen LogP contribution in [0.25, 0.3) is 11.0 Å².